The van der Waals surface area contributed by atoms with Gasteiger partial charge in [0.1, 0.15) is 23.8 Å². The lowest BCUT2D eigenvalue weighted by atomic mass is 10.1. The molecule has 0 aliphatic carbocycles. The van der Waals surface area contributed by atoms with Crippen LogP contribution in [0.2, 0.25) is 0 Å². The fourth-order valence-electron chi connectivity index (χ4n) is 2.67. The second-order valence-corrected chi connectivity index (χ2v) is 6.05. The first-order valence-electron chi connectivity index (χ1n) is 8.65. The third kappa shape index (κ3) is 3.73. The summed E-state index contributed by atoms with van der Waals surface area (Å²) in [5.74, 6) is 0.457. The van der Waals surface area contributed by atoms with Crippen LogP contribution in [0.25, 0.3) is 5.65 Å². The van der Waals surface area contributed by atoms with E-state index in [4.69, 9.17) is 10.5 Å². The topological polar surface area (TPSA) is 94.9 Å². The Morgan fingerprint density at radius 3 is 2.64 bits per heavy atom. The number of carbonyl (C=O) groups is 1. The molecule has 28 heavy (non-hydrogen) atoms. The lowest BCUT2D eigenvalue weighted by Gasteiger charge is -2.07. The molecule has 4 aromatic rings. The van der Waals surface area contributed by atoms with E-state index in [-0.39, 0.29) is 5.84 Å². The molecule has 0 aliphatic heterocycles. The van der Waals surface area contributed by atoms with Crippen LogP contribution in [0.3, 0.4) is 0 Å². The minimum Gasteiger partial charge on any atom is -0.489 e. The van der Waals surface area contributed by atoms with Crippen molar-refractivity contribution in [2.24, 2.45) is 10.7 Å². The molecule has 2 heterocycles. The van der Waals surface area contributed by atoms with Crippen LogP contribution >= 0.6 is 0 Å². The Balaban J connectivity index is 1.46. The Morgan fingerprint density at radius 1 is 1.07 bits per heavy atom. The molecule has 1 amide bonds. The first-order valence-corrected chi connectivity index (χ1v) is 8.65. The molecule has 2 aromatic carbocycles. The number of benzene rings is 2. The maximum absolute atomic E-state index is 12.4. The number of ether oxygens (including phenoxy) is 1. The lowest BCUT2D eigenvalue weighted by molar-refractivity contribution is 0.100. The predicted molar refractivity (Wildman–Crippen MR) is 105 cm³/mol. The summed E-state index contributed by atoms with van der Waals surface area (Å²) in [5.41, 5.74) is 8.39. The van der Waals surface area contributed by atoms with Crippen molar-refractivity contribution in [3.63, 3.8) is 0 Å². The number of rotatable bonds is 5. The van der Waals surface area contributed by atoms with E-state index >= 15 is 0 Å². The molecule has 0 aliphatic rings. The summed E-state index contributed by atoms with van der Waals surface area (Å²) in [6.07, 6.45) is 4.74. The highest BCUT2D eigenvalue weighted by Gasteiger charge is 2.13. The van der Waals surface area contributed by atoms with Gasteiger partial charge in [0, 0.05) is 18.0 Å². The Morgan fingerprint density at radius 2 is 1.86 bits per heavy atom. The van der Waals surface area contributed by atoms with Crippen molar-refractivity contribution in [1.82, 2.24) is 14.6 Å². The van der Waals surface area contributed by atoms with Crippen LogP contribution in [0, 0.1) is 0 Å². The summed E-state index contributed by atoms with van der Waals surface area (Å²) in [5, 5.41) is 4.09. The third-order valence-electron chi connectivity index (χ3n) is 4.13. The molecule has 0 fully saturated rings. The van der Waals surface area contributed by atoms with E-state index < -0.39 is 5.91 Å². The fraction of sp³-hybridized carbons (Fsp3) is 0.0476. The van der Waals surface area contributed by atoms with Gasteiger partial charge in [0.25, 0.3) is 5.91 Å². The van der Waals surface area contributed by atoms with Crippen molar-refractivity contribution in [1.29, 1.82) is 0 Å². The number of fused-ring (bicyclic) bond motifs is 1. The first kappa shape index (κ1) is 17.4. The average Bonchev–Trinajstić information content (AvgIpc) is 3.18. The van der Waals surface area contributed by atoms with Crippen molar-refractivity contribution in [2.75, 3.05) is 0 Å². The SMILES string of the molecule is NC(=NC(=O)c1cnn2cccnc12)c1ccc(COc2ccccc2)cc1. The van der Waals surface area contributed by atoms with Crippen molar-refractivity contribution < 1.29 is 9.53 Å². The molecule has 0 saturated heterocycles. The number of hydrogen-bond acceptors (Lipinski definition) is 4. The van der Waals surface area contributed by atoms with Crippen molar-refractivity contribution >= 4 is 17.4 Å². The molecule has 2 N–H and O–H groups in total. The summed E-state index contributed by atoms with van der Waals surface area (Å²) in [6.45, 7) is 0.439. The van der Waals surface area contributed by atoms with Gasteiger partial charge in [0.15, 0.2) is 5.65 Å². The van der Waals surface area contributed by atoms with Gasteiger partial charge in [0.2, 0.25) is 0 Å². The fourth-order valence-corrected chi connectivity index (χ4v) is 2.67. The summed E-state index contributed by atoms with van der Waals surface area (Å²) < 4.78 is 7.23. The zero-order chi connectivity index (χ0) is 19.3. The van der Waals surface area contributed by atoms with E-state index in [1.54, 1.807) is 18.5 Å². The quantitative estimate of drug-likeness (QED) is 0.430. The molecule has 0 bridgehead atoms. The predicted octanol–water partition coefficient (Wildman–Crippen LogP) is 2.85. The molecule has 0 atom stereocenters. The van der Waals surface area contributed by atoms with Gasteiger partial charge in [0.05, 0.1) is 6.20 Å². The Labute approximate surface area is 161 Å². The number of amidine groups is 1. The van der Waals surface area contributed by atoms with Gasteiger partial charge in [-0.25, -0.2) is 9.50 Å². The summed E-state index contributed by atoms with van der Waals surface area (Å²) in [7, 11) is 0. The minimum absolute atomic E-state index is 0.135. The average molecular weight is 371 g/mol. The molecule has 4 rings (SSSR count). The van der Waals surface area contributed by atoms with Crippen LogP contribution in [0.5, 0.6) is 5.75 Å². The highest BCUT2D eigenvalue weighted by Crippen LogP contribution is 2.13. The smallest absolute Gasteiger partial charge is 0.284 e. The number of nitrogens with two attached hydrogens (primary N) is 1. The maximum atomic E-state index is 12.4. The molecule has 0 spiro atoms. The summed E-state index contributed by atoms with van der Waals surface area (Å²) in [6, 6.07) is 18.7. The van der Waals surface area contributed by atoms with Gasteiger partial charge in [-0.15, -0.1) is 0 Å². The molecule has 2 aromatic heterocycles. The summed E-state index contributed by atoms with van der Waals surface area (Å²) >= 11 is 0. The second kappa shape index (κ2) is 7.71. The first-order chi connectivity index (χ1) is 13.7. The molecule has 0 saturated carbocycles. The zero-order valence-corrected chi connectivity index (χ0v) is 14.9. The van der Waals surface area contributed by atoms with Crippen molar-refractivity contribution in [3.05, 3.63) is 95.9 Å². The molecule has 7 heteroatoms. The largest absolute Gasteiger partial charge is 0.489 e. The van der Waals surface area contributed by atoms with Crippen LogP contribution in [0.4, 0.5) is 0 Å². The molecular weight excluding hydrogens is 354 g/mol. The Hall–Kier alpha value is -4.00. The van der Waals surface area contributed by atoms with Crippen LogP contribution < -0.4 is 10.5 Å². The number of carbonyl (C=O) groups excluding carboxylic acids is 1. The number of aliphatic imine (C=N–C) groups is 1. The number of aromatic nitrogens is 3. The van der Waals surface area contributed by atoms with Gasteiger partial charge in [-0.05, 0) is 23.8 Å². The second-order valence-electron chi connectivity index (χ2n) is 6.05. The van der Waals surface area contributed by atoms with Crippen LogP contribution in [-0.2, 0) is 6.61 Å². The number of para-hydroxylation sites is 1. The van der Waals surface area contributed by atoms with E-state index in [0.717, 1.165) is 11.3 Å². The van der Waals surface area contributed by atoms with E-state index in [0.29, 0.717) is 23.4 Å². The molecular formula is C21H17N5O2. The van der Waals surface area contributed by atoms with Gasteiger partial charge in [-0.3, -0.25) is 4.79 Å². The molecule has 7 nitrogen and oxygen atoms in total. The van der Waals surface area contributed by atoms with Crippen LogP contribution in [0.15, 0.2) is 84.2 Å². The maximum Gasteiger partial charge on any atom is 0.284 e. The standard InChI is InChI=1S/C21H17N5O2/c22-19(25-21(27)18-13-24-26-12-4-11-23-20(18)26)16-9-7-15(8-10-16)14-28-17-5-2-1-3-6-17/h1-13H,14H2,(H2,22,25,27). The zero-order valence-electron chi connectivity index (χ0n) is 14.9. The number of amides is 1. The van der Waals surface area contributed by atoms with Crippen LogP contribution in [-0.4, -0.2) is 26.3 Å². The molecule has 0 unspecified atom stereocenters. The molecule has 138 valence electrons. The van der Waals surface area contributed by atoms with Crippen LogP contribution in [0.1, 0.15) is 21.5 Å². The van der Waals surface area contributed by atoms with Gasteiger partial charge in [-0.1, -0.05) is 42.5 Å². The van der Waals surface area contributed by atoms with Gasteiger partial charge in [-0.2, -0.15) is 10.1 Å². The van der Waals surface area contributed by atoms with E-state index in [9.17, 15) is 4.79 Å². The Bertz CT molecular complexity index is 1130. The summed E-state index contributed by atoms with van der Waals surface area (Å²) in [4.78, 5) is 20.6. The lowest BCUT2D eigenvalue weighted by Crippen LogP contribution is -2.16. The van der Waals surface area contributed by atoms with E-state index in [2.05, 4.69) is 15.1 Å². The monoisotopic (exact) mass is 371 g/mol. The van der Waals surface area contributed by atoms with Crippen molar-refractivity contribution in [3.8, 4) is 5.75 Å². The number of hydrogen-bond donors (Lipinski definition) is 1. The highest BCUT2D eigenvalue weighted by molar-refractivity contribution is 6.10. The molecule has 0 radical (unpaired) electrons. The minimum atomic E-state index is -0.484. The van der Waals surface area contributed by atoms with Gasteiger partial charge < -0.3 is 10.5 Å². The van der Waals surface area contributed by atoms with Gasteiger partial charge >= 0.3 is 0 Å². The number of nitrogens with zero attached hydrogens (tertiary/aromatic N) is 4. The van der Waals surface area contributed by atoms with E-state index in [1.165, 1.54) is 10.7 Å². The van der Waals surface area contributed by atoms with E-state index in [1.807, 2.05) is 54.6 Å². The Kier molecular flexibility index (Phi) is 4.79. The van der Waals surface area contributed by atoms with Crippen molar-refractivity contribution in [2.45, 2.75) is 6.61 Å². The highest BCUT2D eigenvalue weighted by atomic mass is 16.5. The third-order valence-corrected chi connectivity index (χ3v) is 4.13. The normalized spacial score (nSPS) is 11.5.